The Balaban J connectivity index is 1.49. The lowest BCUT2D eigenvalue weighted by atomic mass is 10.0. The minimum atomic E-state index is -0.294. The Bertz CT molecular complexity index is 1150. The van der Waals surface area contributed by atoms with Gasteiger partial charge < -0.3 is 15.2 Å². The number of carbonyl (C=O) groups is 1. The number of hydrogen-bond acceptors (Lipinski definition) is 2. The van der Waals surface area contributed by atoms with Gasteiger partial charge >= 0.3 is 6.03 Å². The molecule has 0 aliphatic heterocycles. The summed E-state index contributed by atoms with van der Waals surface area (Å²) in [6.45, 7) is 5.11. The highest BCUT2D eigenvalue weighted by atomic mass is 19.1. The molecule has 4 aromatic rings. The van der Waals surface area contributed by atoms with Gasteiger partial charge in [0.2, 0.25) is 0 Å². The lowest BCUT2D eigenvalue weighted by Gasteiger charge is -2.23. The molecule has 5 nitrogen and oxygen atoms in total. The maximum absolute atomic E-state index is 13.3. The number of aromatic nitrogens is 2. The van der Waals surface area contributed by atoms with Crippen LogP contribution in [0.4, 0.5) is 14.9 Å². The van der Waals surface area contributed by atoms with Crippen LogP contribution in [0.15, 0.2) is 72.8 Å². The molecule has 1 aromatic heterocycles. The van der Waals surface area contributed by atoms with E-state index in [1.807, 2.05) is 48.5 Å². The summed E-state index contributed by atoms with van der Waals surface area (Å²) in [6.07, 6.45) is 0.579. The number of anilines is 1. The smallest absolute Gasteiger partial charge is 0.322 e. The quantitative estimate of drug-likeness (QED) is 0.372. The van der Waals surface area contributed by atoms with Gasteiger partial charge in [-0.2, -0.15) is 0 Å². The van der Waals surface area contributed by atoms with Gasteiger partial charge in [0.1, 0.15) is 11.6 Å². The molecule has 164 valence electrons. The SMILES string of the molecule is CC(C)c1ccc(NC(=O)N(CCc2nc3ccccc3[nH]2)Cc2ccc(F)cc2)cc1. The Kier molecular flexibility index (Phi) is 6.50. The first kappa shape index (κ1) is 21.6. The molecule has 0 saturated heterocycles. The third-order valence-electron chi connectivity index (χ3n) is 5.46. The first-order chi connectivity index (χ1) is 15.5. The second-order valence-corrected chi connectivity index (χ2v) is 8.21. The standard InChI is InChI=1S/C26H27FN4O/c1-18(2)20-9-13-22(14-10-20)28-26(32)31(17-19-7-11-21(27)12-8-19)16-15-25-29-23-5-3-4-6-24(23)30-25/h3-14,18H,15-17H2,1-2H3,(H,28,32)(H,29,30). The second-order valence-electron chi connectivity index (χ2n) is 8.21. The number of urea groups is 1. The Hall–Kier alpha value is -3.67. The van der Waals surface area contributed by atoms with Crippen LogP contribution in [0.2, 0.25) is 0 Å². The molecule has 0 bridgehead atoms. The largest absolute Gasteiger partial charge is 0.342 e. The third kappa shape index (κ3) is 5.32. The van der Waals surface area contributed by atoms with Crippen molar-refractivity contribution in [2.75, 3.05) is 11.9 Å². The van der Waals surface area contributed by atoms with Crippen LogP contribution in [-0.2, 0) is 13.0 Å². The topological polar surface area (TPSA) is 61.0 Å². The van der Waals surface area contributed by atoms with Crippen molar-refractivity contribution >= 4 is 22.8 Å². The van der Waals surface area contributed by atoms with Crippen LogP contribution in [0.3, 0.4) is 0 Å². The van der Waals surface area contributed by atoms with Crippen molar-refractivity contribution in [1.82, 2.24) is 14.9 Å². The van der Waals surface area contributed by atoms with Crippen LogP contribution in [-0.4, -0.2) is 27.4 Å². The number of fused-ring (bicyclic) bond motifs is 1. The fraction of sp³-hybridized carbons (Fsp3) is 0.231. The van der Waals surface area contributed by atoms with E-state index in [1.54, 1.807) is 17.0 Å². The summed E-state index contributed by atoms with van der Waals surface area (Å²) >= 11 is 0. The predicted molar refractivity (Wildman–Crippen MR) is 126 cm³/mol. The molecule has 6 heteroatoms. The van der Waals surface area contributed by atoms with Gasteiger partial charge in [0.05, 0.1) is 11.0 Å². The maximum Gasteiger partial charge on any atom is 0.322 e. The predicted octanol–water partition coefficient (Wildman–Crippen LogP) is 6.10. The van der Waals surface area contributed by atoms with Gasteiger partial charge in [-0.15, -0.1) is 0 Å². The third-order valence-corrected chi connectivity index (χ3v) is 5.46. The number of carbonyl (C=O) groups excluding carboxylic acids is 1. The Labute approximate surface area is 187 Å². The number of para-hydroxylation sites is 2. The molecule has 0 aliphatic carbocycles. The number of nitrogens with one attached hydrogen (secondary N) is 2. The number of benzene rings is 3. The van der Waals surface area contributed by atoms with Crippen LogP contribution in [0.1, 0.15) is 36.7 Å². The van der Waals surface area contributed by atoms with Gasteiger partial charge in [0.15, 0.2) is 0 Å². The van der Waals surface area contributed by atoms with Crippen LogP contribution < -0.4 is 5.32 Å². The van der Waals surface area contributed by atoms with E-state index in [1.165, 1.54) is 17.7 Å². The van der Waals surface area contributed by atoms with E-state index in [0.29, 0.717) is 25.4 Å². The zero-order chi connectivity index (χ0) is 22.5. The summed E-state index contributed by atoms with van der Waals surface area (Å²) < 4.78 is 13.3. The Morgan fingerprint density at radius 1 is 1.03 bits per heavy atom. The Morgan fingerprint density at radius 3 is 2.44 bits per heavy atom. The molecule has 0 fully saturated rings. The number of halogens is 1. The highest BCUT2D eigenvalue weighted by Gasteiger charge is 2.16. The molecular weight excluding hydrogens is 403 g/mol. The monoisotopic (exact) mass is 430 g/mol. The van der Waals surface area contributed by atoms with E-state index in [9.17, 15) is 9.18 Å². The van der Waals surface area contributed by atoms with Crippen LogP contribution in [0.5, 0.6) is 0 Å². The second kappa shape index (κ2) is 9.64. The van der Waals surface area contributed by atoms with Crippen LogP contribution in [0, 0.1) is 5.82 Å². The van der Waals surface area contributed by atoms with E-state index in [2.05, 4.69) is 29.1 Å². The van der Waals surface area contributed by atoms with Gasteiger partial charge in [-0.05, 0) is 53.4 Å². The molecule has 0 aliphatic rings. The van der Waals surface area contributed by atoms with Gasteiger partial charge in [-0.3, -0.25) is 0 Å². The minimum absolute atomic E-state index is 0.206. The first-order valence-electron chi connectivity index (χ1n) is 10.8. The van der Waals surface area contributed by atoms with E-state index < -0.39 is 0 Å². The first-order valence-corrected chi connectivity index (χ1v) is 10.8. The normalized spacial score (nSPS) is 11.1. The number of nitrogens with zero attached hydrogens (tertiary/aromatic N) is 2. The molecule has 3 aromatic carbocycles. The summed E-state index contributed by atoms with van der Waals surface area (Å²) in [4.78, 5) is 22.7. The molecule has 0 radical (unpaired) electrons. The lowest BCUT2D eigenvalue weighted by molar-refractivity contribution is 0.209. The van der Waals surface area contributed by atoms with E-state index in [0.717, 1.165) is 28.1 Å². The van der Waals surface area contributed by atoms with Crippen LogP contribution in [0.25, 0.3) is 11.0 Å². The molecule has 4 rings (SSSR count). The van der Waals surface area contributed by atoms with Crippen LogP contribution >= 0.6 is 0 Å². The highest BCUT2D eigenvalue weighted by molar-refractivity contribution is 5.89. The minimum Gasteiger partial charge on any atom is -0.342 e. The van der Waals surface area contributed by atoms with Crippen molar-refractivity contribution in [2.24, 2.45) is 0 Å². The summed E-state index contributed by atoms with van der Waals surface area (Å²) in [7, 11) is 0. The summed E-state index contributed by atoms with van der Waals surface area (Å²) in [6, 6.07) is 21.8. The number of rotatable bonds is 7. The van der Waals surface area contributed by atoms with Crippen molar-refractivity contribution in [3.8, 4) is 0 Å². The molecule has 32 heavy (non-hydrogen) atoms. The molecule has 0 saturated carbocycles. The fourth-order valence-corrected chi connectivity index (χ4v) is 3.58. The van der Waals surface area contributed by atoms with E-state index >= 15 is 0 Å². The maximum atomic E-state index is 13.3. The summed E-state index contributed by atoms with van der Waals surface area (Å²) in [5.74, 6) is 0.959. The van der Waals surface area contributed by atoms with Gasteiger partial charge in [0, 0.05) is 25.2 Å². The summed E-state index contributed by atoms with van der Waals surface area (Å²) in [5.41, 5.74) is 4.70. The van der Waals surface area contributed by atoms with Gasteiger partial charge in [-0.1, -0.05) is 50.2 Å². The van der Waals surface area contributed by atoms with Crippen molar-refractivity contribution < 1.29 is 9.18 Å². The van der Waals surface area contributed by atoms with Crippen molar-refractivity contribution in [3.05, 3.63) is 95.6 Å². The fourth-order valence-electron chi connectivity index (χ4n) is 3.58. The number of amides is 2. The highest BCUT2D eigenvalue weighted by Crippen LogP contribution is 2.18. The molecule has 0 unspecified atom stereocenters. The van der Waals surface area contributed by atoms with Crippen molar-refractivity contribution in [2.45, 2.75) is 32.7 Å². The lowest BCUT2D eigenvalue weighted by Crippen LogP contribution is -2.36. The summed E-state index contributed by atoms with van der Waals surface area (Å²) in [5, 5.41) is 2.98. The zero-order valence-corrected chi connectivity index (χ0v) is 18.3. The van der Waals surface area contributed by atoms with Crippen molar-refractivity contribution in [1.29, 1.82) is 0 Å². The molecule has 0 spiro atoms. The molecule has 1 heterocycles. The molecule has 0 atom stereocenters. The number of H-pyrrole nitrogens is 1. The average molecular weight is 431 g/mol. The van der Waals surface area contributed by atoms with Gasteiger partial charge in [0.25, 0.3) is 0 Å². The van der Waals surface area contributed by atoms with Crippen molar-refractivity contribution in [3.63, 3.8) is 0 Å². The van der Waals surface area contributed by atoms with Gasteiger partial charge in [-0.25, -0.2) is 14.2 Å². The number of hydrogen-bond donors (Lipinski definition) is 2. The molecule has 2 N–H and O–H groups in total. The molecule has 2 amide bonds. The Morgan fingerprint density at radius 2 is 1.75 bits per heavy atom. The number of aromatic amines is 1. The average Bonchev–Trinajstić information content (AvgIpc) is 3.21. The van der Waals surface area contributed by atoms with E-state index in [-0.39, 0.29) is 11.8 Å². The van der Waals surface area contributed by atoms with E-state index in [4.69, 9.17) is 0 Å². The molecular formula is C26H27FN4O. The zero-order valence-electron chi connectivity index (χ0n) is 18.3. The number of imidazole rings is 1.